The molecule has 0 fully saturated rings. The third-order valence-corrected chi connectivity index (χ3v) is 7.90. The zero-order valence-corrected chi connectivity index (χ0v) is 22.1. The van der Waals surface area contributed by atoms with Crippen molar-refractivity contribution < 1.29 is 18.0 Å². The summed E-state index contributed by atoms with van der Waals surface area (Å²) in [7, 11) is -1.08. The predicted octanol–water partition coefficient (Wildman–Crippen LogP) is 3.66. The van der Waals surface area contributed by atoms with Crippen LogP contribution in [0.25, 0.3) is 0 Å². The van der Waals surface area contributed by atoms with Crippen LogP contribution in [0.2, 0.25) is 5.02 Å². The van der Waals surface area contributed by atoms with Crippen molar-refractivity contribution >= 4 is 33.4 Å². The maximum atomic E-state index is 13.6. The van der Waals surface area contributed by atoms with Gasteiger partial charge in [0, 0.05) is 32.1 Å². The molecule has 0 aromatic heterocycles. The lowest BCUT2D eigenvalue weighted by molar-refractivity contribution is -0.141. The minimum Gasteiger partial charge on any atom is -0.357 e. The molecule has 3 aromatic rings. The second kappa shape index (κ2) is 12.2. The Morgan fingerprint density at radius 3 is 2.19 bits per heavy atom. The predicted molar refractivity (Wildman–Crippen MR) is 141 cm³/mol. The molecule has 1 N–H and O–H groups in total. The summed E-state index contributed by atoms with van der Waals surface area (Å²) in [5.74, 6) is -0.816. The van der Waals surface area contributed by atoms with Crippen molar-refractivity contribution in [2.75, 3.05) is 20.6 Å². The highest BCUT2D eigenvalue weighted by Crippen LogP contribution is 2.20. The molecule has 3 aromatic carbocycles. The number of likely N-dealkylation sites (N-methyl/N-ethyl adjacent to an activating group) is 2. The fourth-order valence-corrected chi connectivity index (χ4v) is 5.13. The van der Waals surface area contributed by atoms with Crippen LogP contribution >= 0.6 is 11.6 Å². The Kier molecular flexibility index (Phi) is 9.25. The van der Waals surface area contributed by atoms with Gasteiger partial charge in [0.2, 0.25) is 21.8 Å². The molecular weight excluding hydrogens is 498 g/mol. The van der Waals surface area contributed by atoms with E-state index in [1.807, 2.05) is 61.5 Å². The van der Waals surface area contributed by atoms with Crippen molar-refractivity contribution in [2.45, 2.75) is 30.8 Å². The van der Waals surface area contributed by atoms with E-state index in [9.17, 15) is 18.0 Å². The van der Waals surface area contributed by atoms with Crippen LogP contribution in [0, 0.1) is 6.92 Å². The topological polar surface area (TPSA) is 86.8 Å². The second-order valence-corrected chi connectivity index (χ2v) is 11.0. The Morgan fingerprint density at radius 2 is 1.58 bits per heavy atom. The summed E-state index contributed by atoms with van der Waals surface area (Å²) in [6.07, 6.45) is 0.283. The Balaban J connectivity index is 1.94. The van der Waals surface area contributed by atoms with Gasteiger partial charge < -0.3 is 10.2 Å². The minimum atomic E-state index is -3.95. The molecule has 2 amide bonds. The van der Waals surface area contributed by atoms with E-state index in [4.69, 9.17) is 11.6 Å². The Bertz CT molecular complexity index is 1300. The third kappa shape index (κ3) is 6.94. The summed E-state index contributed by atoms with van der Waals surface area (Å²) in [5, 5.41) is 3.06. The molecule has 0 aliphatic carbocycles. The zero-order chi connectivity index (χ0) is 26.3. The highest BCUT2D eigenvalue weighted by atomic mass is 35.5. The first-order valence-corrected chi connectivity index (χ1v) is 13.3. The summed E-state index contributed by atoms with van der Waals surface area (Å²) in [6.45, 7) is 1.67. The maximum Gasteiger partial charge on any atom is 0.243 e. The van der Waals surface area contributed by atoms with Crippen molar-refractivity contribution in [2.24, 2.45) is 0 Å². The van der Waals surface area contributed by atoms with Crippen molar-refractivity contribution in [3.05, 3.63) is 101 Å². The van der Waals surface area contributed by atoms with E-state index in [1.165, 1.54) is 43.3 Å². The molecule has 0 aliphatic rings. The fourth-order valence-electron chi connectivity index (χ4n) is 3.88. The van der Waals surface area contributed by atoms with E-state index in [-0.39, 0.29) is 23.8 Å². The molecule has 0 bridgehead atoms. The standard InChI is InChI=1S/C27H30ClN3O4S/c1-20-8-7-11-22(16-20)18-31(25(27(33)29-2)17-21-9-5-4-6-10-21)26(32)19-30(3)36(34,35)24-14-12-23(28)13-15-24/h4-16,25H,17-19H2,1-3H3,(H,29,33)/t25-/m1/s1. The maximum absolute atomic E-state index is 13.6. The molecule has 36 heavy (non-hydrogen) atoms. The number of nitrogens with one attached hydrogen (secondary N) is 1. The highest BCUT2D eigenvalue weighted by molar-refractivity contribution is 7.89. The van der Waals surface area contributed by atoms with Crippen LogP contribution in [0.3, 0.4) is 0 Å². The van der Waals surface area contributed by atoms with E-state index in [2.05, 4.69) is 5.32 Å². The molecule has 0 spiro atoms. The number of rotatable bonds is 10. The van der Waals surface area contributed by atoms with Crippen molar-refractivity contribution in [1.29, 1.82) is 0 Å². The van der Waals surface area contributed by atoms with E-state index in [0.29, 0.717) is 5.02 Å². The molecule has 0 saturated carbocycles. The first-order chi connectivity index (χ1) is 17.1. The number of amides is 2. The normalized spacial score (nSPS) is 12.2. The van der Waals surface area contributed by atoms with Gasteiger partial charge in [-0.15, -0.1) is 0 Å². The van der Waals surface area contributed by atoms with Gasteiger partial charge in [-0.2, -0.15) is 4.31 Å². The molecule has 190 valence electrons. The van der Waals surface area contributed by atoms with Crippen LogP contribution in [-0.2, 0) is 32.6 Å². The largest absolute Gasteiger partial charge is 0.357 e. The van der Waals surface area contributed by atoms with E-state index < -0.39 is 28.5 Å². The summed E-state index contributed by atoms with van der Waals surface area (Å²) in [6, 6.07) is 22.0. The van der Waals surface area contributed by atoms with Crippen molar-refractivity contribution in [3.8, 4) is 0 Å². The number of sulfonamides is 1. The van der Waals surface area contributed by atoms with Gasteiger partial charge in [0.05, 0.1) is 11.4 Å². The van der Waals surface area contributed by atoms with Crippen molar-refractivity contribution in [3.63, 3.8) is 0 Å². The molecule has 0 saturated heterocycles. The molecule has 9 heteroatoms. The summed E-state index contributed by atoms with van der Waals surface area (Å²) in [4.78, 5) is 28.1. The summed E-state index contributed by atoms with van der Waals surface area (Å²) < 4.78 is 27.2. The summed E-state index contributed by atoms with van der Waals surface area (Å²) >= 11 is 5.89. The van der Waals surface area contributed by atoms with Gasteiger partial charge in [-0.25, -0.2) is 8.42 Å². The number of nitrogens with zero attached hydrogens (tertiary/aromatic N) is 2. The van der Waals surface area contributed by atoms with Crippen LogP contribution in [0.1, 0.15) is 16.7 Å². The quantitative estimate of drug-likeness (QED) is 0.436. The van der Waals surface area contributed by atoms with Gasteiger partial charge in [0.1, 0.15) is 6.04 Å². The Hall–Kier alpha value is -3.20. The minimum absolute atomic E-state index is 0.0274. The van der Waals surface area contributed by atoms with Crippen LogP contribution in [0.5, 0.6) is 0 Å². The number of benzene rings is 3. The average Bonchev–Trinajstić information content (AvgIpc) is 2.86. The lowest BCUT2D eigenvalue weighted by atomic mass is 10.0. The number of hydrogen-bond acceptors (Lipinski definition) is 4. The van der Waals surface area contributed by atoms with Crippen molar-refractivity contribution in [1.82, 2.24) is 14.5 Å². The second-order valence-electron chi connectivity index (χ2n) is 8.55. The van der Waals surface area contributed by atoms with Crippen LogP contribution in [0.15, 0.2) is 83.8 Å². The summed E-state index contributed by atoms with van der Waals surface area (Å²) in [5.41, 5.74) is 2.74. The average molecular weight is 528 g/mol. The number of halogens is 1. The molecule has 0 radical (unpaired) electrons. The molecule has 0 unspecified atom stereocenters. The molecule has 1 atom stereocenters. The number of carbonyl (C=O) groups excluding carboxylic acids is 2. The third-order valence-electron chi connectivity index (χ3n) is 5.83. The number of aryl methyl sites for hydroxylation is 1. The first-order valence-electron chi connectivity index (χ1n) is 11.4. The van der Waals surface area contributed by atoms with E-state index >= 15 is 0 Å². The fraction of sp³-hybridized carbons (Fsp3) is 0.259. The highest BCUT2D eigenvalue weighted by Gasteiger charge is 2.32. The van der Waals surface area contributed by atoms with Gasteiger partial charge in [0.25, 0.3) is 0 Å². The van der Waals surface area contributed by atoms with Gasteiger partial charge >= 0.3 is 0 Å². The molecule has 0 heterocycles. The molecule has 7 nitrogen and oxygen atoms in total. The van der Waals surface area contributed by atoms with E-state index in [0.717, 1.165) is 21.0 Å². The van der Waals surface area contributed by atoms with Crippen LogP contribution in [-0.4, -0.2) is 56.1 Å². The molecule has 0 aliphatic heterocycles. The first kappa shape index (κ1) is 27.4. The van der Waals surface area contributed by atoms with Gasteiger partial charge in [-0.1, -0.05) is 71.8 Å². The van der Waals surface area contributed by atoms with Crippen LogP contribution in [0.4, 0.5) is 0 Å². The SMILES string of the molecule is CNC(=O)[C@@H](Cc1ccccc1)N(Cc1cccc(C)c1)C(=O)CN(C)S(=O)(=O)c1ccc(Cl)cc1. The smallest absolute Gasteiger partial charge is 0.243 e. The van der Waals surface area contributed by atoms with Gasteiger partial charge in [0.15, 0.2) is 0 Å². The molecule has 3 rings (SSSR count). The number of carbonyl (C=O) groups is 2. The van der Waals surface area contributed by atoms with Gasteiger partial charge in [-0.3, -0.25) is 9.59 Å². The lowest BCUT2D eigenvalue weighted by Gasteiger charge is -2.32. The lowest BCUT2D eigenvalue weighted by Crippen LogP contribution is -2.52. The Labute approximate surface area is 217 Å². The van der Waals surface area contributed by atoms with E-state index in [1.54, 1.807) is 0 Å². The monoisotopic (exact) mass is 527 g/mol. The zero-order valence-electron chi connectivity index (χ0n) is 20.5. The Morgan fingerprint density at radius 1 is 0.944 bits per heavy atom. The number of hydrogen-bond donors (Lipinski definition) is 1. The van der Waals surface area contributed by atoms with Gasteiger partial charge in [-0.05, 0) is 42.3 Å². The molecular formula is C27H30ClN3O4S. The van der Waals surface area contributed by atoms with Crippen LogP contribution < -0.4 is 5.32 Å².